The molecule has 0 unspecified atom stereocenters. The molecule has 0 spiro atoms. The topological polar surface area (TPSA) is 51.6 Å². The fourth-order valence-electron chi connectivity index (χ4n) is 2.49. The van der Waals surface area contributed by atoms with Crippen LogP contribution in [0.1, 0.15) is 17.7 Å². The minimum Gasteiger partial charge on any atom is -0.491 e. The number of ether oxygens (including phenoxy) is 2. The van der Waals surface area contributed by atoms with Gasteiger partial charge in [-0.15, -0.1) is 13.2 Å². The van der Waals surface area contributed by atoms with Crippen LogP contribution in [0.2, 0.25) is 0 Å². The molecule has 2 aromatic rings. The van der Waals surface area contributed by atoms with Gasteiger partial charge in [-0.1, -0.05) is 6.07 Å². The number of halogens is 4. The van der Waals surface area contributed by atoms with Gasteiger partial charge in [-0.05, 0) is 29.8 Å². The number of hydrogen-bond donors (Lipinski definition) is 1. The maximum absolute atomic E-state index is 13.9. The van der Waals surface area contributed by atoms with Crippen LogP contribution in [0.5, 0.6) is 11.5 Å². The molecule has 1 aromatic carbocycles. The Hall–Kier alpha value is -2.35. The highest BCUT2D eigenvalue weighted by Crippen LogP contribution is 2.41. The predicted molar refractivity (Wildman–Crippen MR) is 70.4 cm³/mol. The van der Waals surface area contributed by atoms with Gasteiger partial charge in [-0.25, -0.2) is 4.39 Å². The minimum atomic E-state index is -4.99. The molecule has 0 amide bonds. The number of aliphatic hydroxyl groups is 1. The van der Waals surface area contributed by atoms with Gasteiger partial charge in [0, 0.05) is 12.6 Å². The maximum atomic E-state index is 13.9. The van der Waals surface area contributed by atoms with Gasteiger partial charge in [-0.3, -0.25) is 4.98 Å². The van der Waals surface area contributed by atoms with E-state index in [9.17, 15) is 22.7 Å². The molecule has 122 valence electrons. The van der Waals surface area contributed by atoms with Crippen LogP contribution >= 0.6 is 0 Å². The summed E-state index contributed by atoms with van der Waals surface area (Å²) in [4.78, 5) is 4.05. The summed E-state index contributed by atoms with van der Waals surface area (Å²) in [6.45, 7) is 0.164. The first kappa shape index (κ1) is 15.5. The average molecular weight is 329 g/mol. The second-order valence-electron chi connectivity index (χ2n) is 5.00. The summed E-state index contributed by atoms with van der Waals surface area (Å²) in [6.07, 6.45) is -3.46. The molecule has 0 saturated heterocycles. The number of benzene rings is 1. The van der Waals surface area contributed by atoms with E-state index in [0.29, 0.717) is 5.75 Å². The van der Waals surface area contributed by atoms with Crippen molar-refractivity contribution in [1.82, 2.24) is 4.98 Å². The zero-order valence-corrected chi connectivity index (χ0v) is 11.6. The van der Waals surface area contributed by atoms with Gasteiger partial charge >= 0.3 is 6.36 Å². The maximum Gasteiger partial charge on any atom is 0.573 e. The van der Waals surface area contributed by atoms with Crippen molar-refractivity contribution in [3.05, 3.63) is 53.6 Å². The zero-order valence-electron chi connectivity index (χ0n) is 11.6. The molecule has 8 heteroatoms. The van der Waals surface area contributed by atoms with Crippen molar-refractivity contribution in [1.29, 1.82) is 0 Å². The van der Waals surface area contributed by atoms with Crippen LogP contribution in [0.3, 0.4) is 0 Å². The largest absolute Gasteiger partial charge is 0.573 e. The monoisotopic (exact) mass is 329 g/mol. The molecule has 23 heavy (non-hydrogen) atoms. The van der Waals surface area contributed by atoms with Crippen LogP contribution in [0.15, 0.2) is 36.5 Å². The standard InChI is InChI=1S/C15H11F4NO3/c16-10-8-9(3-4-11(10)23-15(17,18)19)14(21)5-7-22-12-2-1-6-20-13(12)14/h1-4,6,8,21H,5,7H2/t14-/m0/s1. The molecular weight excluding hydrogens is 318 g/mol. The van der Waals surface area contributed by atoms with E-state index in [0.717, 1.165) is 12.1 Å². The van der Waals surface area contributed by atoms with Crippen LogP contribution in [0.4, 0.5) is 17.6 Å². The Labute approximate surface area is 128 Å². The van der Waals surface area contributed by atoms with Crippen LogP contribution in [-0.2, 0) is 5.60 Å². The molecule has 0 bridgehead atoms. The van der Waals surface area contributed by atoms with Crippen molar-refractivity contribution < 1.29 is 32.1 Å². The molecule has 1 aromatic heterocycles. The van der Waals surface area contributed by atoms with Gasteiger partial charge in [-0.2, -0.15) is 0 Å². The Balaban J connectivity index is 2.01. The lowest BCUT2D eigenvalue weighted by Crippen LogP contribution is -2.35. The molecule has 3 rings (SSSR count). The number of hydrogen-bond acceptors (Lipinski definition) is 4. The summed E-state index contributed by atoms with van der Waals surface area (Å²) in [5, 5.41) is 10.9. The number of rotatable bonds is 2. The summed E-state index contributed by atoms with van der Waals surface area (Å²) in [6, 6.07) is 6.03. The molecule has 0 fully saturated rings. The number of alkyl halides is 3. The van der Waals surface area contributed by atoms with E-state index in [-0.39, 0.29) is 24.3 Å². The van der Waals surface area contributed by atoms with E-state index in [1.54, 1.807) is 12.1 Å². The molecule has 1 aliphatic rings. The minimum absolute atomic E-state index is 0.0766. The molecule has 1 aliphatic heterocycles. The van der Waals surface area contributed by atoms with E-state index in [2.05, 4.69) is 9.72 Å². The van der Waals surface area contributed by atoms with Gasteiger partial charge in [0.1, 0.15) is 17.0 Å². The molecule has 2 heterocycles. The van der Waals surface area contributed by atoms with E-state index >= 15 is 0 Å². The quantitative estimate of drug-likeness (QED) is 0.860. The summed E-state index contributed by atoms with van der Waals surface area (Å²) in [7, 11) is 0. The van der Waals surface area contributed by atoms with E-state index in [4.69, 9.17) is 4.74 Å². The van der Waals surface area contributed by atoms with Crippen molar-refractivity contribution in [3.8, 4) is 11.5 Å². The van der Waals surface area contributed by atoms with E-state index in [1.165, 1.54) is 12.3 Å². The lowest BCUT2D eigenvalue weighted by atomic mass is 9.85. The van der Waals surface area contributed by atoms with Crippen molar-refractivity contribution in [2.75, 3.05) is 6.61 Å². The van der Waals surface area contributed by atoms with Gasteiger partial charge in [0.25, 0.3) is 0 Å². The number of aromatic nitrogens is 1. The van der Waals surface area contributed by atoms with Gasteiger partial charge < -0.3 is 14.6 Å². The molecule has 0 radical (unpaired) electrons. The molecule has 4 nitrogen and oxygen atoms in total. The van der Waals surface area contributed by atoms with Crippen LogP contribution < -0.4 is 9.47 Å². The fourth-order valence-corrected chi connectivity index (χ4v) is 2.49. The van der Waals surface area contributed by atoms with Crippen molar-refractivity contribution in [3.63, 3.8) is 0 Å². The van der Waals surface area contributed by atoms with Crippen molar-refractivity contribution >= 4 is 0 Å². The third-order valence-corrected chi connectivity index (χ3v) is 3.52. The highest BCUT2D eigenvalue weighted by Gasteiger charge is 2.40. The first-order chi connectivity index (χ1) is 10.8. The van der Waals surface area contributed by atoms with E-state index in [1.807, 2.05) is 0 Å². The first-order valence-electron chi connectivity index (χ1n) is 6.66. The Bertz CT molecular complexity index is 735. The normalized spacial score (nSPS) is 20.6. The summed E-state index contributed by atoms with van der Waals surface area (Å²) < 4.78 is 59.4. The number of fused-ring (bicyclic) bond motifs is 1. The fraction of sp³-hybridized carbons (Fsp3) is 0.267. The molecule has 0 saturated carbocycles. The van der Waals surface area contributed by atoms with Gasteiger partial charge in [0.2, 0.25) is 0 Å². The zero-order chi connectivity index (χ0) is 16.7. The Kier molecular flexibility index (Phi) is 3.63. The number of nitrogens with zero attached hydrogens (tertiary/aromatic N) is 1. The number of pyridine rings is 1. The Morgan fingerprint density at radius 3 is 2.74 bits per heavy atom. The second kappa shape index (κ2) is 5.38. The highest BCUT2D eigenvalue weighted by atomic mass is 19.4. The van der Waals surface area contributed by atoms with Crippen LogP contribution in [0.25, 0.3) is 0 Å². The molecule has 1 atom stereocenters. The lowest BCUT2D eigenvalue weighted by molar-refractivity contribution is -0.275. The molecular formula is C15H11F4NO3. The Morgan fingerprint density at radius 1 is 1.26 bits per heavy atom. The smallest absolute Gasteiger partial charge is 0.491 e. The Morgan fingerprint density at radius 2 is 2.04 bits per heavy atom. The molecule has 1 N–H and O–H groups in total. The van der Waals surface area contributed by atoms with Gasteiger partial charge in [0.15, 0.2) is 11.6 Å². The third-order valence-electron chi connectivity index (χ3n) is 3.52. The van der Waals surface area contributed by atoms with Crippen LogP contribution in [0, 0.1) is 5.82 Å². The SMILES string of the molecule is O[C@]1(c2ccc(OC(F)(F)F)c(F)c2)CCOc2cccnc21. The third kappa shape index (κ3) is 2.94. The van der Waals surface area contributed by atoms with Crippen molar-refractivity contribution in [2.24, 2.45) is 0 Å². The first-order valence-corrected chi connectivity index (χ1v) is 6.66. The lowest BCUT2D eigenvalue weighted by Gasteiger charge is -2.33. The highest BCUT2D eigenvalue weighted by molar-refractivity contribution is 5.43. The summed E-state index contributed by atoms with van der Waals surface area (Å²) in [5.41, 5.74) is -1.38. The van der Waals surface area contributed by atoms with Crippen LogP contribution in [-0.4, -0.2) is 23.1 Å². The summed E-state index contributed by atoms with van der Waals surface area (Å²) in [5.74, 6) is -1.84. The van der Waals surface area contributed by atoms with Crippen molar-refractivity contribution in [2.45, 2.75) is 18.4 Å². The average Bonchev–Trinajstić information content (AvgIpc) is 2.48. The predicted octanol–water partition coefficient (Wildman–Crippen LogP) is 3.14. The summed E-state index contributed by atoms with van der Waals surface area (Å²) >= 11 is 0. The van der Waals surface area contributed by atoms with E-state index < -0.39 is 23.5 Å². The molecule has 0 aliphatic carbocycles. The second-order valence-corrected chi connectivity index (χ2v) is 5.00. The van der Waals surface area contributed by atoms with Gasteiger partial charge in [0.05, 0.1) is 6.61 Å².